The largest absolute Gasteiger partial charge is 0.497 e. The van der Waals surface area contributed by atoms with Crippen LogP contribution >= 0.6 is 0 Å². The summed E-state index contributed by atoms with van der Waals surface area (Å²) in [7, 11) is 3.37. The maximum atomic E-state index is 13.0. The molecule has 0 saturated heterocycles. The second-order valence-electron chi connectivity index (χ2n) is 7.29. The highest BCUT2D eigenvalue weighted by atomic mass is 16.5. The summed E-state index contributed by atoms with van der Waals surface area (Å²) >= 11 is 0. The zero-order valence-corrected chi connectivity index (χ0v) is 17.6. The molecule has 0 radical (unpaired) electrons. The summed E-state index contributed by atoms with van der Waals surface area (Å²) < 4.78 is 12.8. The van der Waals surface area contributed by atoms with Gasteiger partial charge in [0.15, 0.2) is 5.43 Å². The van der Waals surface area contributed by atoms with E-state index >= 15 is 0 Å². The number of aromatic nitrogens is 1. The molecular formula is C25H24N2O4. The first-order valence-electron chi connectivity index (χ1n) is 10.1. The average Bonchev–Trinajstić information content (AvgIpc) is 2.82. The lowest BCUT2D eigenvalue weighted by Gasteiger charge is -2.20. The van der Waals surface area contributed by atoms with Crippen molar-refractivity contribution in [2.24, 2.45) is 0 Å². The zero-order valence-electron chi connectivity index (χ0n) is 17.6. The van der Waals surface area contributed by atoms with Crippen molar-refractivity contribution in [1.82, 2.24) is 9.47 Å². The number of amides is 1. The number of ether oxygens (including phenoxy) is 2. The maximum absolute atomic E-state index is 13.0. The van der Waals surface area contributed by atoms with Crippen LogP contribution in [0.1, 0.15) is 0 Å². The molecule has 4 aromatic rings. The van der Waals surface area contributed by atoms with Crippen LogP contribution in [0.2, 0.25) is 0 Å². The van der Waals surface area contributed by atoms with Crippen LogP contribution in [0, 0.1) is 0 Å². The summed E-state index contributed by atoms with van der Waals surface area (Å²) in [4.78, 5) is 27.5. The highest BCUT2D eigenvalue weighted by Gasteiger charge is 2.15. The topological polar surface area (TPSA) is 60.8 Å². The Kier molecular flexibility index (Phi) is 5.89. The van der Waals surface area contributed by atoms with E-state index in [1.54, 1.807) is 31.2 Å². The number of likely N-dealkylation sites (N-methyl/N-ethyl adjacent to an activating group) is 1. The zero-order chi connectivity index (χ0) is 21.8. The van der Waals surface area contributed by atoms with E-state index in [9.17, 15) is 9.59 Å². The molecule has 158 valence electrons. The van der Waals surface area contributed by atoms with Gasteiger partial charge in [0.25, 0.3) is 0 Å². The van der Waals surface area contributed by atoms with Crippen LogP contribution in [0.4, 0.5) is 0 Å². The predicted molar refractivity (Wildman–Crippen MR) is 122 cm³/mol. The summed E-state index contributed by atoms with van der Waals surface area (Å²) in [6, 6.07) is 22.1. The van der Waals surface area contributed by atoms with Crippen molar-refractivity contribution in [1.29, 1.82) is 0 Å². The van der Waals surface area contributed by atoms with Gasteiger partial charge in [-0.15, -0.1) is 0 Å². The number of benzene rings is 3. The number of hydrogen-bond acceptors (Lipinski definition) is 4. The molecule has 3 aromatic carbocycles. The molecule has 0 bridgehead atoms. The molecule has 1 amide bonds. The Hall–Kier alpha value is -3.80. The van der Waals surface area contributed by atoms with E-state index in [1.807, 2.05) is 65.2 Å². The first kappa shape index (κ1) is 20.5. The molecule has 0 aliphatic heterocycles. The summed E-state index contributed by atoms with van der Waals surface area (Å²) in [5.41, 5.74) is 1.49. The van der Waals surface area contributed by atoms with Gasteiger partial charge < -0.3 is 18.9 Å². The smallest absolute Gasteiger partial charge is 0.242 e. The van der Waals surface area contributed by atoms with Crippen molar-refractivity contribution < 1.29 is 14.3 Å². The Morgan fingerprint density at radius 3 is 2.00 bits per heavy atom. The van der Waals surface area contributed by atoms with Gasteiger partial charge >= 0.3 is 0 Å². The second-order valence-corrected chi connectivity index (χ2v) is 7.29. The Morgan fingerprint density at radius 2 is 1.42 bits per heavy atom. The SMILES string of the molecule is COc1ccc(OCCN(C)C(=O)Cn2c3ccccc3c(=O)c3ccccc32)cc1. The molecule has 0 unspecified atom stereocenters. The van der Waals surface area contributed by atoms with Crippen LogP contribution in [0.25, 0.3) is 21.8 Å². The highest BCUT2D eigenvalue weighted by molar-refractivity contribution is 5.94. The van der Waals surface area contributed by atoms with Crippen LogP contribution in [-0.2, 0) is 11.3 Å². The number of hydrogen-bond donors (Lipinski definition) is 0. The molecule has 31 heavy (non-hydrogen) atoms. The van der Waals surface area contributed by atoms with Crippen molar-refractivity contribution in [3.8, 4) is 11.5 Å². The summed E-state index contributed by atoms with van der Waals surface area (Å²) in [6.07, 6.45) is 0. The standard InChI is InChI=1S/C25H24N2O4/c1-26(15-16-31-19-13-11-18(30-2)12-14-19)24(28)17-27-22-9-5-3-7-20(22)25(29)21-8-4-6-10-23(21)27/h3-14H,15-17H2,1-2H3. The van der Waals surface area contributed by atoms with Crippen LogP contribution in [0.15, 0.2) is 77.6 Å². The minimum atomic E-state index is -0.0581. The Balaban J connectivity index is 1.51. The first-order valence-corrected chi connectivity index (χ1v) is 10.1. The van der Waals surface area contributed by atoms with Gasteiger partial charge in [0.05, 0.1) is 24.7 Å². The monoisotopic (exact) mass is 416 g/mol. The van der Waals surface area contributed by atoms with Gasteiger partial charge in [-0.25, -0.2) is 0 Å². The molecule has 4 rings (SSSR count). The van der Waals surface area contributed by atoms with Crippen molar-refractivity contribution in [3.63, 3.8) is 0 Å². The number of rotatable bonds is 7. The third-order valence-electron chi connectivity index (χ3n) is 5.35. The minimum absolute atomic E-state index is 0.0175. The van der Waals surface area contributed by atoms with Crippen LogP contribution in [-0.4, -0.2) is 42.7 Å². The summed E-state index contributed by atoms with van der Waals surface area (Å²) in [6.45, 7) is 0.960. The Bertz CT molecular complexity index is 1220. The molecule has 0 aliphatic carbocycles. The fourth-order valence-corrected chi connectivity index (χ4v) is 3.60. The average molecular weight is 416 g/mol. The van der Waals surface area contributed by atoms with Crippen molar-refractivity contribution in [2.45, 2.75) is 6.54 Å². The van der Waals surface area contributed by atoms with Gasteiger partial charge in [-0.05, 0) is 48.5 Å². The molecular weight excluding hydrogens is 392 g/mol. The number of carbonyl (C=O) groups is 1. The summed E-state index contributed by atoms with van der Waals surface area (Å²) in [5, 5.41) is 1.22. The third-order valence-corrected chi connectivity index (χ3v) is 5.35. The number of methoxy groups -OCH3 is 1. The van der Waals surface area contributed by atoms with E-state index in [1.165, 1.54) is 0 Å². The molecule has 0 spiro atoms. The van der Waals surface area contributed by atoms with Gasteiger partial charge in [0.2, 0.25) is 5.91 Å². The van der Waals surface area contributed by atoms with E-state index in [4.69, 9.17) is 9.47 Å². The highest BCUT2D eigenvalue weighted by Crippen LogP contribution is 2.20. The minimum Gasteiger partial charge on any atom is -0.497 e. The summed E-state index contributed by atoms with van der Waals surface area (Å²) in [5.74, 6) is 1.43. The molecule has 0 saturated carbocycles. The number of nitrogens with zero attached hydrogens (tertiary/aromatic N) is 2. The number of para-hydroxylation sites is 2. The van der Waals surface area contributed by atoms with E-state index in [-0.39, 0.29) is 17.9 Å². The van der Waals surface area contributed by atoms with Gasteiger partial charge in [-0.2, -0.15) is 0 Å². The van der Waals surface area contributed by atoms with Crippen LogP contribution < -0.4 is 14.9 Å². The number of pyridine rings is 1. The molecule has 0 fully saturated rings. The van der Waals surface area contributed by atoms with Crippen LogP contribution in [0.5, 0.6) is 11.5 Å². The Labute approximate surface area is 180 Å². The normalized spacial score (nSPS) is 10.9. The van der Waals surface area contributed by atoms with Gasteiger partial charge in [-0.3, -0.25) is 9.59 Å². The fraction of sp³-hybridized carbons (Fsp3) is 0.200. The van der Waals surface area contributed by atoms with Crippen molar-refractivity contribution >= 4 is 27.7 Å². The lowest BCUT2D eigenvalue weighted by molar-refractivity contribution is -0.130. The van der Waals surface area contributed by atoms with E-state index in [0.29, 0.717) is 23.9 Å². The maximum Gasteiger partial charge on any atom is 0.242 e. The molecule has 0 N–H and O–H groups in total. The molecule has 1 heterocycles. The third kappa shape index (κ3) is 4.23. The molecule has 6 nitrogen and oxygen atoms in total. The van der Waals surface area contributed by atoms with Gasteiger partial charge in [-0.1, -0.05) is 24.3 Å². The van der Waals surface area contributed by atoms with Gasteiger partial charge in [0.1, 0.15) is 24.7 Å². The first-order chi connectivity index (χ1) is 15.1. The van der Waals surface area contributed by atoms with Gasteiger partial charge in [0, 0.05) is 17.8 Å². The van der Waals surface area contributed by atoms with E-state index in [2.05, 4.69) is 0 Å². The van der Waals surface area contributed by atoms with E-state index < -0.39 is 0 Å². The molecule has 1 aromatic heterocycles. The van der Waals surface area contributed by atoms with Crippen molar-refractivity contribution in [3.05, 3.63) is 83.0 Å². The lowest BCUT2D eigenvalue weighted by atomic mass is 10.1. The van der Waals surface area contributed by atoms with E-state index in [0.717, 1.165) is 22.5 Å². The number of fused-ring (bicyclic) bond motifs is 2. The van der Waals surface area contributed by atoms with Crippen LogP contribution in [0.3, 0.4) is 0 Å². The quantitative estimate of drug-likeness (QED) is 0.431. The number of carbonyl (C=O) groups excluding carboxylic acids is 1. The molecule has 0 aliphatic rings. The molecule has 0 atom stereocenters. The second kappa shape index (κ2) is 8.92. The molecule has 6 heteroatoms. The predicted octanol–water partition coefficient (Wildman–Crippen LogP) is 3.70. The fourth-order valence-electron chi connectivity index (χ4n) is 3.60. The lowest BCUT2D eigenvalue weighted by Crippen LogP contribution is -2.34. The Morgan fingerprint density at radius 1 is 0.871 bits per heavy atom. The van der Waals surface area contributed by atoms with Crippen molar-refractivity contribution in [2.75, 3.05) is 27.3 Å².